The van der Waals surface area contributed by atoms with Crippen molar-refractivity contribution in [3.63, 3.8) is 0 Å². The van der Waals surface area contributed by atoms with Crippen LogP contribution in [0.1, 0.15) is 18.1 Å². The van der Waals surface area contributed by atoms with Gasteiger partial charge in [0.1, 0.15) is 11.3 Å². The van der Waals surface area contributed by atoms with Gasteiger partial charge in [0.05, 0.1) is 31.6 Å². The van der Waals surface area contributed by atoms with Crippen molar-refractivity contribution in [2.24, 2.45) is 11.8 Å². The maximum Gasteiger partial charge on any atom is 0.250 e. The van der Waals surface area contributed by atoms with Gasteiger partial charge in [0, 0.05) is 22.3 Å². The van der Waals surface area contributed by atoms with Crippen LogP contribution >= 0.6 is 11.6 Å². The summed E-state index contributed by atoms with van der Waals surface area (Å²) in [6.07, 6.45) is -0.962. The molecule has 0 aromatic heterocycles. The number of nitrogens with zero attached hydrogens (tertiary/aromatic N) is 1. The van der Waals surface area contributed by atoms with Gasteiger partial charge in [0.15, 0.2) is 0 Å². The van der Waals surface area contributed by atoms with Gasteiger partial charge in [-0.05, 0) is 42.8 Å². The Bertz CT molecular complexity index is 1130. The molecule has 2 aromatic rings. The van der Waals surface area contributed by atoms with E-state index in [0.29, 0.717) is 22.0 Å². The van der Waals surface area contributed by atoms with Crippen LogP contribution in [-0.2, 0) is 26.5 Å². The largest absolute Gasteiger partial charge is 0.497 e. The number of aliphatic hydroxyl groups is 1. The quantitative estimate of drug-likeness (QED) is 0.605. The van der Waals surface area contributed by atoms with Crippen molar-refractivity contribution in [3.8, 4) is 5.75 Å². The highest BCUT2D eigenvalue weighted by atomic mass is 35.5. The molecule has 2 aromatic carbocycles. The molecule has 3 heterocycles. The lowest BCUT2D eigenvalue weighted by Crippen LogP contribution is -2.54. The number of methoxy groups -OCH3 is 1. The van der Waals surface area contributed by atoms with Crippen molar-refractivity contribution in [1.29, 1.82) is 0 Å². The number of benzene rings is 2. The summed E-state index contributed by atoms with van der Waals surface area (Å²) in [5.41, 5.74) is 0.322. The van der Waals surface area contributed by atoms with Crippen molar-refractivity contribution >= 4 is 35.0 Å². The van der Waals surface area contributed by atoms with E-state index >= 15 is 0 Å². The van der Waals surface area contributed by atoms with Crippen LogP contribution in [0.15, 0.2) is 42.5 Å². The number of hydrogen-bond donors (Lipinski definition) is 3. The first-order valence-electron chi connectivity index (χ1n) is 10.3. The van der Waals surface area contributed by atoms with E-state index in [0.717, 1.165) is 5.56 Å². The Hall–Kier alpha value is -2.94. The van der Waals surface area contributed by atoms with Crippen molar-refractivity contribution in [1.82, 2.24) is 10.2 Å². The smallest absolute Gasteiger partial charge is 0.250 e. The molecule has 2 fully saturated rings. The molecular weight excluding hydrogens is 434 g/mol. The number of ether oxygens (including phenoxy) is 1. The van der Waals surface area contributed by atoms with E-state index in [9.17, 15) is 19.5 Å². The molecule has 8 nitrogen and oxygen atoms in total. The second-order valence-corrected chi connectivity index (χ2v) is 8.91. The number of carbonyl (C=O) groups excluding carboxylic acids is 3. The van der Waals surface area contributed by atoms with Crippen LogP contribution < -0.4 is 15.4 Å². The van der Waals surface area contributed by atoms with Gasteiger partial charge in [-0.25, -0.2) is 0 Å². The summed E-state index contributed by atoms with van der Waals surface area (Å²) in [6.45, 7) is 1.62. The fraction of sp³-hybridized carbons (Fsp3) is 0.348. The first-order chi connectivity index (χ1) is 15.3. The minimum Gasteiger partial charge on any atom is -0.497 e. The average molecular weight is 456 g/mol. The van der Waals surface area contributed by atoms with E-state index in [1.54, 1.807) is 56.5 Å². The van der Waals surface area contributed by atoms with Crippen molar-refractivity contribution in [2.75, 3.05) is 12.4 Å². The predicted molar refractivity (Wildman–Crippen MR) is 116 cm³/mol. The summed E-state index contributed by atoms with van der Waals surface area (Å²) in [7, 11) is 1.56. The molecule has 1 spiro atoms. The molecule has 3 aliphatic heterocycles. The van der Waals surface area contributed by atoms with Crippen molar-refractivity contribution < 1.29 is 24.2 Å². The zero-order chi connectivity index (χ0) is 22.8. The molecule has 0 bridgehead atoms. The van der Waals surface area contributed by atoms with Gasteiger partial charge in [0.2, 0.25) is 17.7 Å². The molecule has 0 radical (unpaired) electrons. The SMILES string of the molecule is COc1ccc(CN2C(=O)C3C(C(C)O)NC4(C(=O)Nc5ccc(Cl)cc54)C3C2=O)cc1. The molecule has 166 valence electrons. The fourth-order valence-corrected chi connectivity index (χ4v) is 5.42. The number of nitrogens with one attached hydrogen (secondary N) is 2. The van der Waals surface area contributed by atoms with Crippen LogP contribution in [0, 0.1) is 11.8 Å². The van der Waals surface area contributed by atoms with Gasteiger partial charge in [-0.3, -0.25) is 24.6 Å². The number of amides is 3. The van der Waals surface area contributed by atoms with Gasteiger partial charge in [0.25, 0.3) is 0 Å². The Labute approximate surface area is 189 Å². The molecule has 3 amide bonds. The highest BCUT2D eigenvalue weighted by Crippen LogP contribution is 2.53. The van der Waals surface area contributed by atoms with E-state index in [4.69, 9.17) is 16.3 Å². The molecule has 5 unspecified atom stereocenters. The third-order valence-electron chi connectivity index (χ3n) is 6.72. The normalized spacial score (nSPS) is 29.3. The van der Waals surface area contributed by atoms with E-state index in [-0.39, 0.29) is 6.54 Å². The third kappa shape index (κ3) is 2.80. The monoisotopic (exact) mass is 455 g/mol. The van der Waals surface area contributed by atoms with Crippen LogP contribution in [0.5, 0.6) is 5.75 Å². The first-order valence-corrected chi connectivity index (χ1v) is 10.7. The average Bonchev–Trinajstić information content (AvgIpc) is 3.36. The number of aliphatic hydroxyl groups excluding tert-OH is 1. The zero-order valence-electron chi connectivity index (χ0n) is 17.5. The molecule has 32 heavy (non-hydrogen) atoms. The number of carbonyl (C=O) groups is 3. The van der Waals surface area contributed by atoms with Gasteiger partial charge in [-0.15, -0.1) is 0 Å². The number of likely N-dealkylation sites (tertiary alicyclic amines) is 1. The first kappa shape index (κ1) is 20.9. The zero-order valence-corrected chi connectivity index (χ0v) is 18.2. The van der Waals surface area contributed by atoms with Gasteiger partial charge in [-0.1, -0.05) is 23.7 Å². The minimum absolute atomic E-state index is 0.0707. The maximum atomic E-state index is 13.6. The number of imide groups is 1. The molecule has 5 atom stereocenters. The number of halogens is 1. The Balaban J connectivity index is 1.58. The van der Waals surface area contributed by atoms with Crippen LogP contribution in [0.3, 0.4) is 0 Å². The Morgan fingerprint density at radius 2 is 1.88 bits per heavy atom. The van der Waals surface area contributed by atoms with Crippen LogP contribution in [0.4, 0.5) is 5.69 Å². The Morgan fingerprint density at radius 3 is 2.53 bits per heavy atom. The Morgan fingerprint density at radius 1 is 1.16 bits per heavy atom. The number of hydrogen-bond acceptors (Lipinski definition) is 6. The lowest BCUT2D eigenvalue weighted by molar-refractivity contribution is -0.143. The second kappa shape index (κ2) is 7.30. The van der Waals surface area contributed by atoms with Gasteiger partial charge >= 0.3 is 0 Å². The maximum absolute atomic E-state index is 13.6. The number of anilines is 1. The topological polar surface area (TPSA) is 108 Å². The van der Waals surface area contributed by atoms with Gasteiger partial charge < -0.3 is 15.2 Å². The van der Waals surface area contributed by atoms with E-state index in [2.05, 4.69) is 10.6 Å². The van der Waals surface area contributed by atoms with Crippen molar-refractivity contribution in [2.45, 2.75) is 31.2 Å². The van der Waals surface area contributed by atoms with Crippen LogP contribution in [0.25, 0.3) is 0 Å². The predicted octanol–water partition coefficient (Wildman–Crippen LogP) is 1.65. The molecule has 0 saturated carbocycles. The molecule has 3 N–H and O–H groups in total. The van der Waals surface area contributed by atoms with E-state index in [1.165, 1.54) is 4.90 Å². The molecule has 0 aliphatic carbocycles. The fourth-order valence-electron chi connectivity index (χ4n) is 5.25. The summed E-state index contributed by atoms with van der Waals surface area (Å²) in [5.74, 6) is -2.49. The lowest BCUT2D eigenvalue weighted by Gasteiger charge is -2.30. The van der Waals surface area contributed by atoms with Crippen LogP contribution in [0.2, 0.25) is 5.02 Å². The molecule has 5 rings (SSSR count). The summed E-state index contributed by atoms with van der Waals surface area (Å²) in [5, 5.41) is 16.8. The second-order valence-electron chi connectivity index (χ2n) is 8.48. The molecule has 3 aliphatic rings. The number of fused-ring (bicyclic) bond motifs is 4. The molecule has 9 heteroatoms. The minimum atomic E-state index is -1.48. The van der Waals surface area contributed by atoms with Gasteiger partial charge in [-0.2, -0.15) is 0 Å². The third-order valence-corrected chi connectivity index (χ3v) is 6.96. The van der Waals surface area contributed by atoms with Crippen LogP contribution in [-0.4, -0.2) is 47.0 Å². The summed E-state index contributed by atoms with van der Waals surface area (Å²) in [4.78, 5) is 41.5. The van der Waals surface area contributed by atoms with Crippen molar-refractivity contribution in [3.05, 3.63) is 58.6 Å². The number of rotatable bonds is 4. The summed E-state index contributed by atoms with van der Waals surface area (Å²) < 4.78 is 5.16. The highest BCUT2D eigenvalue weighted by molar-refractivity contribution is 6.31. The van der Waals surface area contributed by atoms with E-state index < -0.39 is 47.2 Å². The highest BCUT2D eigenvalue weighted by Gasteiger charge is 2.71. The van der Waals surface area contributed by atoms with E-state index in [1.807, 2.05) is 0 Å². The molecular formula is C23H22ClN3O5. The summed E-state index contributed by atoms with van der Waals surface area (Å²) >= 11 is 6.21. The lowest BCUT2D eigenvalue weighted by atomic mass is 9.76. The Kier molecular flexibility index (Phi) is 4.77. The standard InChI is InChI=1S/C23H22ClN3O5/c1-11(28)19-17-18(23(26-19)15-9-13(24)5-8-16(15)25-22(23)31)21(30)27(20(17)29)10-12-3-6-14(32-2)7-4-12/h3-9,11,17-19,26,28H,10H2,1-2H3,(H,25,31). The summed E-state index contributed by atoms with van der Waals surface area (Å²) in [6, 6.07) is 11.3. The molecule has 2 saturated heterocycles.